The highest BCUT2D eigenvalue weighted by Gasteiger charge is 2.43. The first kappa shape index (κ1) is 15.0. The predicted molar refractivity (Wildman–Crippen MR) is 67.9 cm³/mol. The second-order valence-electron chi connectivity index (χ2n) is 6.96. The lowest BCUT2D eigenvalue weighted by Crippen LogP contribution is -2.46. The number of hydrogen-bond acceptors (Lipinski definition) is 1. The van der Waals surface area contributed by atoms with Gasteiger partial charge in [-0.15, -0.1) is 0 Å². The van der Waals surface area contributed by atoms with Gasteiger partial charge in [0.25, 0.3) is 0 Å². The van der Waals surface area contributed by atoms with Crippen LogP contribution < -0.4 is 0 Å². The van der Waals surface area contributed by atoms with Gasteiger partial charge in [-0.05, 0) is 29.6 Å². The smallest absolute Gasteiger partial charge is 0.0698 e. The Morgan fingerprint density at radius 3 is 1.60 bits per heavy atom. The zero-order valence-electron chi connectivity index (χ0n) is 11.9. The van der Waals surface area contributed by atoms with Gasteiger partial charge in [0.1, 0.15) is 0 Å². The summed E-state index contributed by atoms with van der Waals surface area (Å²) >= 11 is 0. The Balaban J connectivity index is 4.88. The number of aliphatic hydroxyl groups is 1. The minimum absolute atomic E-state index is 0.0477. The SMILES string of the molecule is CCC(O)(CC(C)(C)C(C)C)C(C)(C)C. The molecule has 0 bridgehead atoms. The Morgan fingerprint density at radius 1 is 1.00 bits per heavy atom. The molecule has 0 amide bonds. The second kappa shape index (κ2) is 4.45. The van der Waals surface area contributed by atoms with Crippen LogP contribution in [0.4, 0.5) is 0 Å². The summed E-state index contributed by atoms with van der Waals surface area (Å²) in [6, 6.07) is 0. The molecule has 1 nitrogen and oxygen atoms in total. The van der Waals surface area contributed by atoms with Crippen LogP contribution in [-0.4, -0.2) is 10.7 Å². The third-order valence-electron chi connectivity index (χ3n) is 4.29. The summed E-state index contributed by atoms with van der Waals surface area (Å²) < 4.78 is 0. The zero-order chi connectivity index (χ0) is 12.5. The van der Waals surface area contributed by atoms with Crippen molar-refractivity contribution >= 4 is 0 Å². The van der Waals surface area contributed by atoms with E-state index in [9.17, 15) is 5.11 Å². The molecule has 0 rings (SSSR count). The molecule has 0 saturated carbocycles. The third-order valence-corrected chi connectivity index (χ3v) is 4.29. The molecule has 0 aliphatic rings. The Morgan fingerprint density at radius 2 is 1.40 bits per heavy atom. The first-order chi connectivity index (χ1) is 6.46. The third kappa shape index (κ3) is 3.48. The van der Waals surface area contributed by atoms with Gasteiger partial charge in [0.05, 0.1) is 5.60 Å². The standard InChI is InChI=1S/C14H30O/c1-9-14(15,12(4,5)6)10-13(7,8)11(2)3/h11,15H,9-10H2,1-8H3. The molecule has 1 atom stereocenters. The maximum atomic E-state index is 10.7. The Bertz CT molecular complexity index is 198. The van der Waals surface area contributed by atoms with Gasteiger partial charge in [0.2, 0.25) is 0 Å². The van der Waals surface area contributed by atoms with Crippen LogP contribution >= 0.6 is 0 Å². The molecule has 0 spiro atoms. The fraction of sp³-hybridized carbons (Fsp3) is 1.00. The van der Waals surface area contributed by atoms with E-state index >= 15 is 0 Å². The van der Waals surface area contributed by atoms with Crippen LogP contribution in [0.3, 0.4) is 0 Å². The van der Waals surface area contributed by atoms with E-state index in [0.717, 1.165) is 12.8 Å². The van der Waals surface area contributed by atoms with E-state index in [4.69, 9.17) is 0 Å². The van der Waals surface area contributed by atoms with E-state index in [1.54, 1.807) is 0 Å². The fourth-order valence-corrected chi connectivity index (χ4v) is 1.88. The summed E-state index contributed by atoms with van der Waals surface area (Å²) in [6.45, 7) is 17.5. The van der Waals surface area contributed by atoms with Crippen molar-refractivity contribution in [3.8, 4) is 0 Å². The van der Waals surface area contributed by atoms with Gasteiger partial charge >= 0.3 is 0 Å². The summed E-state index contributed by atoms with van der Waals surface area (Å²) in [7, 11) is 0. The number of rotatable bonds is 4. The molecule has 1 unspecified atom stereocenters. The van der Waals surface area contributed by atoms with Crippen LogP contribution in [0.2, 0.25) is 0 Å². The van der Waals surface area contributed by atoms with E-state index in [0.29, 0.717) is 5.92 Å². The van der Waals surface area contributed by atoms with Crippen LogP contribution in [0.5, 0.6) is 0 Å². The molecule has 1 N–H and O–H groups in total. The topological polar surface area (TPSA) is 20.2 Å². The molecule has 0 aliphatic carbocycles. The van der Waals surface area contributed by atoms with Gasteiger partial charge in [-0.3, -0.25) is 0 Å². The summed E-state index contributed by atoms with van der Waals surface area (Å²) in [6.07, 6.45) is 1.70. The van der Waals surface area contributed by atoms with Gasteiger partial charge in [-0.1, -0.05) is 55.4 Å². The van der Waals surface area contributed by atoms with Crippen molar-refractivity contribution in [1.82, 2.24) is 0 Å². The molecule has 0 aliphatic heterocycles. The minimum atomic E-state index is -0.555. The second-order valence-corrected chi connectivity index (χ2v) is 6.96. The van der Waals surface area contributed by atoms with Crippen LogP contribution in [0, 0.1) is 16.7 Å². The summed E-state index contributed by atoms with van der Waals surface area (Å²) in [5.41, 5.74) is -0.410. The van der Waals surface area contributed by atoms with Crippen LogP contribution in [0.1, 0.15) is 68.2 Å². The average Bonchev–Trinajstić information content (AvgIpc) is 2.01. The number of hydrogen-bond donors (Lipinski definition) is 1. The van der Waals surface area contributed by atoms with Crippen LogP contribution in [0.25, 0.3) is 0 Å². The normalized spacial score (nSPS) is 18.0. The van der Waals surface area contributed by atoms with Crippen molar-refractivity contribution in [2.45, 2.75) is 73.8 Å². The molecular weight excluding hydrogens is 184 g/mol. The van der Waals surface area contributed by atoms with Crippen molar-refractivity contribution in [2.24, 2.45) is 16.7 Å². The highest BCUT2D eigenvalue weighted by molar-refractivity contribution is 4.94. The molecule has 0 fully saturated rings. The van der Waals surface area contributed by atoms with Gasteiger partial charge in [-0.25, -0.2) is 0 Å². The van der Waals surface area contributed by atoms with Crippen molar-refractivity contribution < 1.29 is 5.11 Å². The van der Waals surface area contributed by atoms with E-state index in [1.165, 1.54) is 0 Å². The molecule has 15 heavy (non-hydrogen) atoms. The first-order valence-corrected chi connectivity index (χ1v) is 6.18. The lowest BCUT2D eigenvalue weighted by atomic mass is 9.64. The maximum Gasteiger partial charge on any atom is 0.0698 e. The molecular formula is C14H30O. The Kier molecular flexibility index (Phi) is 4.44. The lowest BCUT2D eigenvalue weighted by molar-refractivity contribution is -0.0967. The van der Waals surface area contributed by atoms with Gasteiger partial charge in [0.15, 0.2) is 0 Å². The quantitative estimate of drug-likeness (QED) is 0.742. The average molecular weight is 214 g/mol. The van der Waals surface area contributed by atoms with Crippen molar-refractivity contribution in [2.75, 3.05) is 0 Å². The van der Waals surface area contributed by atoms with E-state index in [1.807, 2.05) is 0 Å². The molecule has 0 saturated heterocycles. The first-order valence-electron chi connectivity index (χ1n) is 6.18. The maximum absolute atomic E-state index is 10.7. The fourth-order valence-electron chi connectivity index (χ4n) is 1.88. The van der Waals surface area contributed by atoms with E-state index in [-0.39, 0.29) is 10.8 Å². The van der Waals surface area contributed by atoms with Crippen molar-refractivity contribution in [3.63, 3.8) is 0 Å². The molecule has 0 radical (unpaired) electrons. The van der Waals surface area contributed by atoms with E-state index in [2.05, 4.69) is 55.4 Å². The summed E-state index contributed by atoms with van der Waals surface area (Å²) in [4.78, 5) is 0. The molecule has 0 heterocycles. The lowest BCUT2D eigenvalue weighted by Gasteiger charge is -2.46. The summed E-state index contributed by atoms with van der Waals surface area (Å²) in [5, 5.41) is 10.7. The highest BCUT2D eigenvalue weighted by atomic mass is 16.3. The highest BCUT2D eigenvalue weighted by Crippen LogP contribution is 2.44. The van der Waals surface area contributed by atoms with Crippen molar-refractivity contribution in [3.05, 3.63) is 0 Å². The minimum Gasteiger partial charge on any atom is -0.389 e. The predicted octanol–water partition coefficient (Wildman–Crippen LogP) is 4.25. The Hall–Kier alpha value is -0.0400. The monoisotopic (exact) mass is 214 g/mol. The van der Waals surface area contributed by atoms with Gasteiger partial charge in [-0.2, -0.15) is 0 Å². The molecule has 92 valence electrons. The van der Waals surface area contributed by atoms with Crippen LogP contribution in [-0.2, 0) is 0 Å². The molecule has 1 heteroatoms. The van der Waals surface area contributed by atoms with E-state index < -0.39 is 5.60 Å². The Labute approximate surface area is 96.3 Å². The zero-order valence-corrected chi connectivity index (χ0v) is 11.9. The van der Waals surface area contributed by atoms with Crippen LogP contribution in [0.15, 0.2) is 0 Å². The molecule has 0 aromatic carbocycles. The molecule has 0 aromatic heterocycles. The van der Waals surface area contributed by atoms with Crippen molar-refractivity contribution in [1.29, 1.82) is 0 Å². The van der Waals surface area contributed by atoms with Gasteiger partial charge < -0.3 is 5.11 Å². The summed E-state index contributed by atoms with van der Waals surface area (Å²) in [5.74, 6) is 0.595. The molecule has 0 aromatic rings. The largest absolute Gasteiger partial charge is 0.389 e. The van der Waals surface area contributed by atoms with Gasteiger partial charge in [0, 0.05) is 0 Å².